The third-order valence-corrected chi connectivity index (χ3v) is 2.72. The molecule has 0 aliphatic rings. The lowest BCUT2D eigenvalue weighted by Gasteiger charge is -2.14. The minimum absolute atomic E-state index is 0.0276. The fourth-order valence-corrected chi connectivity index (χ4v) is 1.55. The van der Waals surface area contributed by atoms with Gasteiger partial charge in [0.05, 0.1) is 0 Å². The third kappa shape index (κ3) is 4.25. The predicted octanol–water partition coefficient (Wildman–Crippen LogP) is 1.02. The van der Waals surface area contributed by atoms with Gasteiger partial charge in [-0.1, -0.05) is 6.92 Å². The molecule has 78 valence electrons. The lowest BCUT2D eigenvalue weighted by Crippen LogP contribution is -2.35. The van der Waals surface area contributed by atoms with Crippen LogP contribution in [0, 0.1) is 5.92 Å². The van der Waals surface area contributed by atoms with Gasteiger partial charge in [0.25, 0.3) is 0 Å². The Morgan fingerprint density at radius 2 is 2.00 bits per heavy atom. The van der Waals surface area contributed by atoms with E-state index in [1.165, 1.54) is 6.92 Å². The molecule has 0 fully saturated rings. The number of hydrogen-bond donors (Lipinski definition) is 1. The molecule has 0 saturated heterocycles. The fourth-order valence-electron chi connectivity index (χ4n) is 0.610. The van der Waals surface area contributed by atoms with E-state index in [0.717, 1.165) is 0 Å². The second-order valence-electron chi connectivity index (χ2n) is 2.33. The Hall–Kier alpha value is -0.590. The number of alkyl halides is 3. The Kier molecular flexibility index (Phi) is 4.38. The molecule has 1 N–H and O–H groups in total. The highest BCUT2D eigenvalue weighted by atomic mass is 32.2. The summed E-state index contributed by atoms with van der Waals surface area (Å²) < 4.78 is 46.6. The number of carboxylic acid groups (broad SMARTS) is 1. The highest BCUT2D eigenvalue weighted by molar-refractivity contribution is 7.84. The van der Waals surface area contributed by atoms with Gasteiger partial charge in [0, 0.05) is 22.3 Å². The zero-order valence-corrected chi connectivity index (χ0v) is 7.61. The van der Waals surface area contributed by atoms with Crippen LogP contribution in [0.4, 0.5) is 13.2 Å². The molecule has 0 bridgehead atoms. The molecule has 0 aliphatic heterocycles. The van der Waals surface area contributed by atoms with E-state index in [2.05, 4.69) is 0 Å². The van der Waals surface area contributed by atoms with Gasteiger partial charge in [-0.3, -0.25) is 9.00 Å². The van der Waals surface area contributed by atoms with Crippen LogP contribution in [0.1, 0.15) is 6.92 Å². The zero-order chi connectivity index (χ0) is 10.6. The molecule has 2 unspecified atom stereocenters. The summed E-state index contributed by atoms with van der Waals surface area (Å²) in [6.45, 7) is 1.44. The zero-order valence-electron chi connectivity index (χ0n) is 6.80. The topological polar surface area (TPSA) is 54.4 Å². The van der Waals surface area contributed by atoms with Gasteiger partial charge in [0.15, 0.2) is 5.92 Å². The van der Waals surface area contributed by atoms with Crippen LogP contribution in [0.15, 0.2) is 0 Å². The van der Waals surface area contributed by atoms with Crippen molar-refractivity contribution >= 4 is 16.8 Å². The van der Waals surface area contributed by atoms with Crippen molar-refractivity contribution in [3.05, 3.63) is 0 Å². The van der Waals surface area contributed by atoms with Crippen LogP contribution in [-0.2, 0) is 15.6 Å². The van der Waals surface area contributed by atoms with Crippen molar-refractivity contribution in [2.45, 2.75) is 13.1 Å². The molecule has 0 aromatic heterocycles. The summed E-state index contributed by atoms with van der Waals surface area (Å²) >= 11 is 0. The molecule has 0 spiro atoms. The lowest BCUT2D eigenvalue weighted by molar-refractivity contribution is -0.188. The van der Waals surface area contributed by atoms with Crippen LogP contribution in [0.5, 0.6) is 0 Å². The molecule has 0 saturated carbocycles. The van der Waals surface area contributed by atoms with Crippen LogP contribution in [0.25, 0.3) is 0 Å². The first-order valence-electron chi connectivity index (χ1n) is 3.43. The molecule has 0 aromatic carbocycles. The molecule has 2 atom stereocenters. The summed E-state index contributed by atoms with van der Waals surface area (Å²) in [5.41, 5.74) is 0. The van der Waals surface area contributed by atoms with Crippen molar-refractivity contribution in [1.29, 1.82) is 0 Å². The Labute approximate surface area is 75.4 Å². The number of hydrogen-bond acceptors (Lipinski definition) is 2. The van der Waals surface area contributed by atoms with Crippen molar-refractivity contribution in [2.24, 2.45) is 5.92 Å². The number of halogens is 3. The van der Waals surface area contributed by atoms with Gasteiger partial charge >= 0.3 is 12.1 Å². The van der Waals surface area contributed by atoms with Crippen molar-refractivity contribution in [2.75, 3.05) is 11.5 Å². The summed E-state index contributed by atoms with van der Waals surface area (Å²) in [6.07, 6.45) is -4.82. The van der Waals surface area contributed by atoms with E-state index in [9.17, 15) is 22.2 Å². The van der Waals surface area contributed by atoms with Gasteiger partial charge in [0.2, 0.25) is 0 Å². The van der Waals surface area contributed by atoms with E-state index in [1.807, 2.05) is 0 Å². The van der Waals surface area contributed by atoms with Crippen LogP contribution < -0.4 is 0 Å². The van der Waals surface area contributed by atoms with E-state index in [0.29, 0.717) is 0 Å². The highest BCUT2D eigenvalue weighted by Crippen LogP contribution is 2.27. The molecule has 0 aromatic rings. The van der Waals surface area contributed by atoms with Gasteiger partial charge in [-0.15, -0.1) is 0 Å². The molecule has 0 aliphatic carbocycles. The Balaban J connectivity index is 4.46. The molecule has 13 heavy (non-hydrogen) atoms. The van der Waals surface area contributed by atoms with E-state index in [1.54, 1.807) is 0 Å². The minimum Gasteiger partial charge on any atom is -0.481 e. The fraction of sp³-hybridized carbons (Fsp3) is 0.833. The normalized spacial score (nSPS) is 16.6. The average molecular weight is 218 g/mol. The SMILES string of the molecule is CCS(=O)CC(C(=O)O)C(F)(F)F. The quantitative estimate of drug-likeness (QED) is 0.766. The summed E-state index contributed by atoms with van der Waals surface area (Å²) in [4.78, 5) is 10.1. The minimum atomic E-state index is -4.82. The predicted molar refractivity (Wildman–Crippen MR) is 40.7 cm³/mol. The third-order valence-electron chi connectivity index (χ3n) is 1.37. The van der Waals surface area contributed by atoms with Crippen LogP contribution in [-0.4, -0.2) is 33.0 Å². The van der Waals surface area contributed by atoms with Crippen LogP contribution >= 0.6 is 0 Å². The summed E-state index contributed by atoms with van der Waals surface area (Å²) in [5, 5.41) is 8.20. The second kappa shape index (κ2) is 4.59. The molecule has 3 nitrogen and oxygen atoms in total. The maximum atomic E-state index is 12.0. The van der Waals surface area contributed by atoms with Crippen molar-refractivity contribution < 1.29 is 27.3 Å². The van der Waals surface area contributed by atoms with Gasteiger partial charge in [-0.25, -0.2) is 0 Å². The molecule has 0 amide bonds. The summed E-state index contributed by atoms with van der Waals surface area (Å²) in [6, 6.07) is 0. The lowest BCUT2D eigenvalue weighted by atomic mass is 10.2. The average Bonchev–Trinajstić information content (AvgIpc) is 1.96. The number of carboxylic acids is 1. The summed E-state index contributed by atoms with van der Waals surface area (Å²) in [7, 11) is -1.72. The Bertz CT molecular complexity index is 214. The van der Waals surface area contributed by atoms with Crippen molar-refractivity contribution in [3.63, 3.8) is 0 Å². The van der Waals surface area contributed by atoms with Crippen LogP contribution in [0.2, 0.25) is 0 Å². The van der Waals surface area contributed by atoms with E-state index in [-0.39, 0.29) is 5.75 Å². The van der Waals surface area contributed by atoms with Crippen LogP contribution in [0.3, 0.4) is 0 Å². The largest absolute Gasteiger partial charge is 0.481 e. The first kappa shape index (κ1) is 12.4. The van der Waals surface area contributed by atoms with E-state index >= 15 is 0 Å². The van der Waals surface area contributed by atoms with Gasteiger partial charge in [-0.05, 0) is 0 Å². The van der Waals surface area contributed by atoms with Gasteiger partial charge in [0.1, 0.15) is 0 Å². The first-order chi connectivity index (χ1) is 5.79. The Morgan fingerprint density at radius 1 is 1.54 bits per heavy atom. The van der Waals surface area contributed by atoms with E-state index in [4.69, 9.17) is 5.11 Å². The van der Waals surface area contributed by atoms with Gasteiger partial charge in [-0.2, -0.15) is 13.2 Å². The highest BCUT2D eigenvalue weighted by Gasteiger charge is 2.45. The maximum absolute atomic E-state index is 12.0. The molecule has 7 heteroatoms. The monoisotopic (exact) mass is 218 g/mol. The standard InChI is InChI=1S/C6H9F3O3S/c1-2-13(12)3-4(5(10)11)6(7,8)9/h4H,2-3H2,1H3,(H,10,11). The smallest absolute Gasteiger partial charge is 0.403 e. The second-order valence-corrected chi connectivity index (χ2v) is 4.12. The first-order valence-corrected chi connectivity index (χ1v) is 4.92. The number of carbonyl (C=O) groups is 1. The molecular formula is C6H9F3O3S. The molecule has 0 rings (SSSR count). The maximum Gasteiger partial charge on any atom is 0.403 e. The number of rotatable bonds is 4. The van der Waals surface area contributed by atoms with Gasteiger partial charge < -0.3 is 5.11 Å². The Morgan fingerprint density at radius 3 is 2.23 bits per heavy atom. The number of aliphatic carboxylic acids is 1. The van der Waals surface area contributed by atoms with E-state index < -0.39 is 34.6 Å². The molecule has 0 heterocycles. The van der Waals surface area contributed by atoms with Crippen molar-refractivity contribution in [3.8, 4) is 0 Å². The molecule has 0 radical (unpaired) electrons. The summed E-state index contributed by atoms with van der Waals surface area (Å²) in [5.74, 6) is -5.34. The van der Waals surface area contributed by atoms with Crippen molar-refractivity contribution in [1.82, 2.24) is 0 Å². The molecular weight excluding hydrogens is 209 g/mol.